The number of nitrogens with zero attached hydrogens (tertiary/aromatic N) is 3. The zero-order valence-corrected chi connectivity index (χ0v) is 20.8. The van der Waals surface area contributed by atoms with Crippen LogP contribution in [-0.2, 0) is 6.42 Å². The van der Waals surface area contributed by atoms with E-state index in [2.05, 4.69) is 15.5 Å². The zero-order chi connectivity index (χ0) is 25.8. The molecular formula is C28H26ClF2N5O. The summed E-state index contributed by atoms with van der Waals surface area (Å²) in [5.41, 5.74) is 3.39. The number of amides is 2. The number of nitrogens with one attached hydrogen (secondary N) is 2. The normalized spacial score (nSPS) is 13.6. The largest absolute Gasteiger partial charge is 0.370 e. The molecule has 2 amide bonds. The Labute approximate surface area is 218 Å². The number of fused-ring (bicyclic) bond motifs is 1. The Morgan fingerprint density at radius 2 is 1.57 bits per heavy atom. The first-order valence-corrected chi connectivity index (χ1v) is 12.5. The molecule has 2 heterocycles. The van der Waals surface area contributed by atoms with Crippen LogP contribution in [0.3, 0.4) is 0 Å². The van der Waals surface area contributed by atoms with E-state index in [1.165, 1.54) is 24.3 Å². The minimum atomic E-state index is -0.346. The van der Waals surface area contributed by atoms with Crippen molar-refractivity contribution >= 4 is 45.7 Å². The lowest BCUT2D eigenvalue weighted by Crippen LogP contribution is -2.50. The second-order valence-electron chi connectivity index (χ2n) is 8.90. The number of carbonyl (C=O) groups excluding carboxylic acids is 1. The van der Waals surface area contributed by atoms with Gasteiger partial charge in [-0.25, -0.2) is 18.6 Å². The highest BCUT2D eigenvalue weighted by molar-refractivity contribution is 6.31. The van der Waals surface area contributed by atoms with E-state index >= 15 is 0 Å². The van der Waals surface area contributed by atoms with Gasteiger partial charge in [0, 0.05) is 60.6 Å². The van der Waals surface area contributed by atoms with Gasteiger partial charge >= 0.3 is 6.03 Å². The molecule has 9 heteroatoms. The number of carbonyl (C=O) groups is 1. The zero-order valence-electron chi connectivity index (χ0n) is 20.1. The van der Waals surface area contributed by atoms with Gasteiger partial charge in [0.05, 0.1) is 5.52 Å². The quantitative estimate of drug-likeness (QED) is 0.318. The van der Waals surface area contributed by atoms with Crippen molar-refractivity contribution in [3.63, 3.8) is 0 Å². The maximum Gasteiger partial charge on any atom is 0.321 e. The minimum absolute atomic E-state index is 0.208. The molecule has 3 aromatic carbocycles. The molecule has 5 rings (SSSR count). The minimum Gasteiger partial charge on any atom is -0.370 e. The first-order chi connectivity index (χ1) is 17.9. The number of hydrogen-bond donors (Lipinski definition) is 2. The van der Waals surface area contributed by atoms with Gasteiger partial charge in [-0.15, -0.1) is 0 Å². The number of halogens is 3. The number of anilines is 3. The molecule has 0 atom stereocenters. The third-order valence-electron chi connectivity index (χ3n) is 6.39. The van der Waals surface area contributed by atoms with Crippen LogP contribution < -0.4 is 15.5 Å². The third-order valence-corrected chi connectivity index (χ3v) is 6.62. The summed E-state index contributed by atoms with van der Waals surface area (Å²) in [5, 5.41) is 7.80. The highest BCUT2D eigenvalue weighted by atomic mass is 35.5. The van der Waals surface area contributed by atoms with Crippen molar-refractivity contribution in [2.45, 2.75) is 6.42 Å². The number of rotatable bonds is 6. The lowest BCUT2D eigenvalue weighted by atomic mass is 10.1. The topological polar surface area (TPSA) is 60.5 Å². The fraction of sp³-hybridized carbons (Fsp3) is 0.214. The van der Waals surface area contributed by atoms with Crippen molar-refractivity contribution in [1.82, 2.24) is 9.88 Å². The number of pyridine rings is 1. The van der Waals surface area contributed by atoms with Crippen LogP contribution in [0.1, 0.15) is 5.56 Å². The summed E-state index contributed by atoms with van der Waals surface area (Å²) in [6.07, 6.45) is 0.729. The summed E-state index contributed by atoms with van der Waals surface area (Å²) in [4.78, 5) is 21.4. The third kappa shape index (κ3) is 6.09. The van der Waals surface area contributed by atoms with Gasteiger partial charge in [-0.1, -0.05) is 23.7 Å². The van der Waals surface area contributed by atoms with E-state index in [4.69, 9.17) is 16.6 Å². The highest BCUT2D eigenvalue weighted by Crippen LogP contribution is 2.31. The molecule has 0 spiro atoms. The fourth-order valence-electron chi connectivity index (χ4n) is 4.41. The standard InChI is InChI=1S/C28H26ClF2N5O/c29-20-3-10-24-25(17-20)34-27(32-12-11-19-1-4-21(30)5-2-19)18-26(24)35-13-15-36(16-14-35)28(37)33-23-8-6-22(31)7-9-23/h1-10,17-18H,11-16H2,(H,32,34)(H,33,37). The second kappa shape index (κ2) is 11.0. The fourth-order valence-corrected chi connectivity index (χ4v) is 4.57. The summed E-state index contributed by atoms with van der Waals surface area (Å²) in [5.74, 6) is 0.132. The molecular weight excluding hydrogens is 496 g/mol. The smallest absolute Gasteiger partial charge is 0.321 e. The van der Waals surface area contributed by atoms with Gasteiger partial charge < -0.3 is 20.4 Å². The van der Waals surface area contributed by atoms with E-state index < -0.39 is 0 Å². The molecule has 37 heavy (non-hydrogen) atoms. The Balaban J connectivity index is 1.27. The van der Waals surface area contributed by atoms with Crippen LogP contribution in [0.5, 0.6) is 0 Å². The molecule has 0 unspecified atom stereocenters. The molecule has 4 aromatic rings. The van der Waals surface area contributed by atoms with Crippen LogP contribution in [0.2, 0.25) is 5.02 Å². The van der Waals surface area contributed by atoms with E-state index in [1.54, 1.807) is 29.2 Å². The van der Waals surface area contributed by atoms with Crippen molar-refractivity contribution in [2.75, 3.05) is 48.3 Å². The van der Waals surface area contributed by atoms with Crippen LogP contribution >= 0.6 is 11.6 Å². The number of urea groups is 1. The molecule has 1 fully saturated rings. The van der Waals surface area contributed by atoms with Crippen LogP contribution in [0.4, 0.5) is 30.8 Å². The van der Waals surface area contributed by atoms with Gasteiger partial charge in [-0.05, 0) is 66.6 Å². The number of benzene rings is 3. The van der Waals surface area contributed by atoms with Gasteiger partial charge in [0.15, 0.2) is 0 Å². The van der Waals surface area contributed by atoms with E-state index in [0.717, 1.165) is 34.4 Å². The van der Waals surface area contributed by atoms with Crippen LogP contribution in [0.15, 0.2) is 72.8 Å². The average Bonchev–Trinajstić information content (AvgIpc) is 2.90. The lowest BCUT2D eigenvalue weighted by molar-refractivity contribution is 0.208. The molecule has 0 radical (unpaired) electrons. The number of aromatic nitrogens is 1. The summed E-state index contributed by atoms with van der Waals surface area (Å²) in [6, 6.07) is 19.7. The molecule has 1 aromatic heterocycles. The summed E-state index contributed by atoms with van der Waals surface area (Å²) < 4.78 is 26.3. The molecule has 6 nitrogen and oxygen atoms in total. The molecule has 1 aliphatic rings. The monoisotopic (exact) mass is 521 g/mol. The van der Waals surface area contributed by atoms with Crippen LogP contribution in [-0.4, -0.2) is 48.6 Å². The molecule has 1 saturated heterocycles. The number of piperazine rings is 1. The Hall–Kier alpha value is -3.91. The number of hydrogen-bond acceptors (Lipinski definition) is 4. The predicted molar refractivity (Wildman–Crippen MR) is 145 cm³/mol. The van der Waals surface area contributed by atoms with E-state index in [9.17, 15) is 13.6 Å². The van der Waals surface area contributed by atoms with Gasteiger partial charge in [0.25, 0.3) is 0 Å². The summed E-state index contributed by atoms with van der Waals surface area (Å²) >= 11 is 6.26. The van der Waals surface area contributed by atoms with E-state index in [0.29, 0.717) is 43.4 Å². The first-order valence-electron chi connectivity index (χ1n) is 12.1. The van der Waals surface area contributed by atoms with Crippen molar-refractivity contribution in [3.05, 3.63) is 95.0 Å². The predicted octanol–water partition coefficient (Wildman–Crippen LogP) is 6.18. The van der Waals surface area contributed by atoms with Gasteiger partial charge in [-0.3, -0.25) is 0 Å². The van der Waals surface area contributed by atoms with Crippen LogP contribution in [0.25, 0.3) is 10.9 Å². The van der Waals surface area contributed by atoms with Crippen molar-refractivity contribution in [3.8, 4) is 0 Å². The van der Waals surface area contributed by atoms with Gasteiger partial charge in [0.2, 0.25) is 0 Å². The molecule has 2 N–H and O–H groups in total. The molecule has 190 valence electrons. The average molecular weight is 522 g/mol. The Kier molecular flexibility index (Phi) is 7.37. The molecule has 0 aliphatic carbocycles. The van der Waals surface area contributed by atoms with Crippen molar-refractivity contribution in [2.24, 2.45) is 0 Å². The van der Waals surface area contributed by atoms with Crippen molar-refractivity contribution in [1.29, 1.82) is 0 Å². The van der Waals surface area contributed by atoms with Gasteiger partial charge in [-0.2, -0.15) is 0 Å². The summed E-state index contributed by atoms with van der Waals surface area (Å²) in [7, 11) is 0. The summed E-state index contributed by atoms with van der Waals surface area (Å²) in [6.45, 7) is 3.01. The maximum absolute atomic E-state index is 13.2. The Morgan fingerprint density at radius 3 is 2.27 bits per heavy atom. The molecule has 1 aliphatic heterocycles. The Bertz CT molecular complexity index is 1390. The van der Waals surface area contributed by atoms with Crippen LogP contribution in [0, 0.1) is 11.6 Å². The second-order valence-corrected chi connectivity index (χ2v) is 9.34. The van der Waals surface area contributed by atoms with Crippen molar-refractivity contribution < 1.29 is 13.6 Å². The Morgan fingerprint density at radius 1 is 0.892 bits per heavy atom. The molecule has 0 saturated carbocycles. The van der Waals surface area contributed by atoms with E-state index in [-0.39, 0.29) is 17.7 Å². The van der Waals surface area contributed by atoms with Gasteiger partial charge in [0.1, 0.15) is 17.5 Å². The van der Waals surface area contributed by atoms with E-state index in [1.807, 2.05) is 24.3 Å². The lowest BCUT2D eigenvalue weighted by Gasteiger charge is -2.36. The SMILES string of the molecule is O=C(Nc1ccc(F)cc1)N1CCN(c2cc(NCCc3ccc(F)cc3)nc3cc(Cl)ccc23)CC1. The molecule has 0 bridgehead atoms. The first kappa shape index (κ1) is 24.8. The maximum atomic E-state index is 13.2. The highest BCUT2D eigenvalue weighted by Gasteiger charge is 2.23.